The van der Waals surface area contributed by atoms with Crippen LogP contribution in [0.2, 0.25) is 0 Å². The fourth-order valence-electron chi connectivity index (χ4n) is 3.91. The molecule has 3 saturated heterocycles. The SMILES string of the molecule is CC(C)(C)OC(=O)N1C[C@@H]2C[C@H]1CN2.C[C@@H]1CN(C(=O)OC(C)(C)C)C[C@H](C)N1. The van der Waals surface area contributed by atoms with E-state index in [4.69, 9.17) is 9.47 Å². The van der Waals surface area contributed by atoms with Crippen LogP contribution in [-0.4, -0.2) is 83.5 Å². The van der Waals surface area contributed by atoms with Crippen molar-refractivity contribution in [1.29, 1.82) is 0 Å². The van der Waals surface area contributed by atoms with Crippen molar-refractivity contribution in [3.05, 3.63) is 0 Å². The summed E-state index contributed by atoms with van der Waals surface area (Å²) in [5.74, 6) is 0. The first-order valence-corrected chi connectivity index (χ1v) is 10.7. The van der Waals surface area contributed by atoms with Crippen molar-refractivity contribution in [3.8, 4) is 0 Å². The Kier molecular flexibility index (Phi) is 7.43. The van der Waals surface area contributed by atoms with Crippen LogP contribution in [0.1, 0.15) is 61.8 Å². The predicted octanol–water partition coefficient (Wildman–Crippen LogP) is 2.57. The molecule has 3 aliphatic heterocycles. The first-order valence-electron chi connectivity index (χ1n) is 10.7. The van der Waals surface area contributed by atoms with Crippen LogP contribution >= 0.6 is 0 Å². The lowest BCUT2D eigenvalue weighted by Crippen LogP contribution is -2.56. The van der Waals surface area contributed by atoms with Crippen molar-refractivity contribution < 1.29 is 19.1 Å². The Morgan fingerprint density at radius 3 is 1.79 bits per heavy atom. The van der Waals surface area contributed by atoms with Crippen molar-refractivity contribution in [2.45, 2.75) is 97.2 Å². The van der Waals surface area contributed by atoms with Crippen LogP contribution in [0.25, 0.3) is 0 Å². The van der Waals surface area contributed by atoms with Gasteiger partial charge in [-0.3, -0.25) is 0 Å². The Balaban J connectivity index is 0.000000207. The molecule has 3 aliphatic rings. The number of amides is 2. The third kappa shape index (κ3) is 7.66. The molecule has 2 N–H and O–H groups in total. The molecule has 8 heteroatoms. The van der Waals surface area contributed by atoms with Crippen LogP contribution in [0.3, 0.4) is 0 Å². The van der Waals surface area contributed by atoms with E-state index in [0.717, 1.165) is 32.6 Å². The lowest BCUT2D eigenvalue weighted by Gasteiger charge is -2.36. The van der Waals surface area contributed by atoms with Gasteiger partial charge in [0, 0.05) is 50.3 Å². The van der Waals surface area contributed by atoms with Crippen LogP contribution in [0.5, 0.6) is 0 Å². The Hall–Kier alpha value is -1.54. The largest absolute Gasteiger partial charge is 0.444 e. The Morgan fingerprint density at radius 2 is 1.38 bits per heavy atom. The maximum absolute atomic E-state index is 11.8. The molecule has 8 nitrogen and oxygen atoms in total. The maximum Gasteiger partial charge on any atom is 0.410 e. The summed E-state index contributed by atoms with van der Waals surface area (Å²) < 4.78 is 10.7. The molecule has 2 bridgehead atoms. The molecule has 3 fully saturated rings. The summed E-state index contributed by atoms with van der Waals surface area (Å²) in [6.45, 7) is 18.7. The van der Waals surface area contributed by atoms with Crippen molar-refractivity contribution in [2.75, 3.05) is 26.2 Å². The average Bonchev–Trinajstić information content (AvgIpc) is 3.14. The molecule has 29 heavy (non-hydrogen) atoms. The van der Waals surface area contributed by atoms with Crippen molar-refractivity contribution in [1.82, 2.24) is 20.4 Å². The van der Waals surface area contributed by atoms with Crippen LogP contribution in [0.4, 0.5) is 9.59 Å². The number of likely N-dealkylation sites (tertiary alicyclic amines) is 1. The van der Waals surface area contributed by atoms with Gasteiger partial charge in [-0.15, -0.1) is 0 Å². The second-order valence-corrected chi connectivity index (χ2v) is 10.5. The van der Waals surface area contributed by atoms with E-state index in [1.165, 1.54) is 0 Å². The van der Waals surface area contributed by atoms with Gasteiger partial charge in [0.1, 0.15) is 11.2 Å². The molecular formula is C21H40N4O4. The summed E-state index contributed by atoms with van der Waals surface area (Å²) in [7, 11) is 0. The number of piperazine rings is 2. The highest BCUT2D eigenvalue weighted by Gasteiger charge is 2.41. The number of ether oxygens (including phenoxy) is 2. The van der Waals surface area contributed by atoms with Crippen molar-refractivity contribution in [3.63, 3.8) is 0 Å². The summed E-state index contributed by atoms with van der Waals surface area (Å²) in [4.78, 5) is 27.1. The Morgan fingerprint density at radius 1 is 0.862 bits per heavy atom. The molecule has 4 atom stereocenters. The van der Waals surface area contributed by atoms with Gasteiger partial charge in [0.2, 0.25) is 0 Å². The van der Waals surface area contributed by atoms with Gasteiger partial charge in [-0.2, -0.15) is 0 Å². The monoisotopic (exact) mass is 412 g/mol. The molecule has 2 amide bonds. The molecule has 0 unspecified atom stereocenters. The minimum absolute atomic E-state index is 0.161. The molecule has 0 spiro atoms. The number of carbonyl (C=O) groups excluding carboxylic acids is 2. The van der Waals surface area contributed by atoms with Crippen molar-refractivity contribution in [2.24, 2.45) is 0 Å². The molecule has 0 radical (unpaired) electrons. The lowest BCUT2D eigenvalue weighted by molar-refractivity contribution is 0.0165. The number of nitrogens with zero attached hydrogens (tertiary/aromatic N) is 2. The third-order valence-corrected chi connectivity index (χ3v) is 4.89. The van der Waals surface area contributed by atoms with E-state index < -0.39 is 5.60 Å². The van der Waals surface area contributed by atoms with Crippen LogP contribution in [-0.2, 0) is 9.47 Å². The van der Waals surface area contributed by atoms with E-state index in [2.05, 4.69) is 24.5 Å². The standard InChI is InChI=1S/C11H22N2O2.C10H18N2O2/c1-8-6-13(7-9(2)12-8)10(14)15-11(3,4)5;1-10(2,3)14-9(13)12-6-7-4-8(12)5-11-7/h8-9,12H,6-7H2,1-5H3;7-8,11H,4-6H2,1-3H3/t8-,9+;7-,8-/m.0/s1. The number of rotatable bonds is 0. The van der Waals surface area contributed by atoms with Gasteiger partial charge in [0.05, 0.1) is 0 Å². The molecule has 0 aromatic rings. The first kappa shape index (κ1) is 23.7. The summed E-state index contributed by atoms with van der Waals surface area (Å²) in [6, 6.07) is 1.52. The molecule has 0 aliphatic carbocycles. The van der Waals surface area contributed by atoms with E-state index in [0.29, 0.717) is 24.2 Å². The highest BCUT2D eigenvalue weighted by Crippen LogP contribution is 2.25. The number of hydrogen-bond donors (Lipinski definition) is 2. The molecule has 3 heterocycles. The van der Waals surface area contributed by atoms with Gasteiger partial charge in [0.15, 0.2) is 0 Å². The zero-order valence-electron chi connectivity index (χ0n) is 19.4. The zero-order valence-corrected chi connectivity index (χ0v) is 19.4. The van der Waals surface area contributed by atoms with E-state index in [1.807, 2.05) is 46.4 Å². The van der Waals surface area contributed by atoms with E-state index in [9.17, 15) is 9.59 Å². The normalized spacial score (nSPS) is 29.2. The molecule has 3 rings (SSSR count). The fourth-order valence-corrected chi connectivity index (χ4v) is 3.91. The quantitative estimate of drug-likeness (QED) is 0.636. The second-order valence-electron chi connectivity index (χ2n) is 10.5. The number of fused-ring (bicyclic) bond motifs is 2. The molecule has 0 saturated carbocycles. The van der Waals surface area contributed by atoms with Gasteiger partial charge >= 0.3 is 12.2 Å². The van der Waals surface area contributed by atoms with Crippen molar-refractivity contribution >= 4 is 12.2 Å². The zero-order chi connectivity index (χ0) is 22.0. The second kappa shape index (κ2) is 9.08. The average molecular weight is 413 g/mol. The molecule has 168 valence electrons. The number of hydrogen-bond acceptors (Lipinski definition) is 6. The summed E-state index contributed by atoms with van der Waals surface area (Å²) >= 11 is 0. The third-order valence-electron chi connectivity index (χ3n) is 4.89. The minimum Gasteiger partial charge on any atom is -0.444 e. The number of carbonyl (C=O) groups is 2. The minimum atomic E-state index is -0.408. The van der Waals surface area contributed by atoms with Gasteiger partial charge < -0.3 is 29.9 Å². The highest BCUT2D eigenvalue weighted by atomic mass is 16.6. The van der Waals surface area contributed by atoms with Gasteiger partial charge in [-0.1, -0.05) is 0 Å². The van der Waals surface area contributed by atoms with Crippen LogP contribution < -0.4 is 10.6 Å². The summed E-state index contributed by atoms with van der Waals surface area (Å²) in [6.07, 6.45) is 0.716. The smallest absolute Gasteiger partial charge is 0.410 e. The van der Waals surface area contributed by atoms with Gasteiger partial charge in [-0.25, -0.2) is 9.59 Å². The highest BCUT2D eigenvalue weighted by molar-refractivity contribution is 5.69. The maximum atomic E-state index is 11.8. The Labute approximate surface area is 175 Å². The van der Waals surface area contributed by atoms with Crippen LogP contribution in [0.15, 0.2) is 0 Å². The van der Waals surface area contributed by atoms with E-state index >= 15 is 0 Å². The molecule has 0 aromatic heterocycles. The summed E-state index contributed by atoms with van der Waals surface area (Å²) in [5.41, 5.74) is -0.791. The summed E-state index contributed by atoms with van der Waals surface area (Å²) in [5, 5.41) is 6.73. The van der Waals surface area contributed by atoms with Crippen LogP contribution in [0, 0.1) is 0 Å². The van der Waals surface area contributed by atoms with Gasteiger partial charge in [-0.05, 0) is 61.8 Å². The fraction of sp³-hybridized carbons (Fsp3) is 0.905. The van der Waals surface area contributed by atoms with Gasteiger partial charge in [0.25, 0.3) is 0 Å². The predicted molar refractivity (Wildman–Crippen MR) is 113 cm³/mol. The van der Waals surface area contributed by atoms with E-state index in [1.54, 1.807) is 4.90 Å². The first-order chi connectivity index (χ1) is 13.2. The topological polar surface area (TPSA) is 83.1 Å². The Bertz CT molecular complexity index is 574. The molecular weight excluding hydrogens is 372 g/mol. The molecule has 0 aromatic carbocycles. The van der Waals surface area contributed by atoms with E-state index in [-0.39, 0.29) is 17.8 Å². The lowest BCUT2D eigenvalue weighted by atomic mass is 10.1. The number of nitrogens with one attached hydrogen (secondary N) is 2.